The van der Waals surface area contributed by atoms with E-state index >= 15 is 0 Å². The molecular formula is C19H24N2O3. The molecular weight excluding hydrogens is 304 g/mol. The molecule has 0 aliphatic carbocycles. The molecule has 0 saturated carbocycles. The summed E-state index contributed by atoms with van der Waals surface area (Å²) in [5.74, 6) is -0.177. The van der Waals surface area contributed by atoms with Crippen molar-refractivity contribution in [3.8, 4) is 0 Å². The van der Waals surface area contributed by atoms with Gasteiger partial charge >= 0.3 is 5.97 Å². The molecule has 24 heavy (non-hydrogen) atoms. The summed E-state index contributed by atoms with van der Waals surface area (Å²) in [6.45, 7) is 3.09. The van der Waals surface area contributed by atoms with Crippen LogP contribution in [0, 0.1) is 0 Å². The summed E-state index contributed by atoms with van der Waals surface area (Å²) in [5.41, 5.74) is 2.20. The fourth-order valence-electron chi connectivity index (χ4n) is 3.20. The van der Waals surface area contributed by atoms with E-state index in [0.29, 0.717) is 13.0 Å². The number of rotatable bonds is 7. The molecule has 1 aliphatic heterocycles. The highest BCUT2D eigenvalue weighted by Gasteiger charge is 2.20. The second-order valence-electron chi connectivity index (χ2n) is 6.19. The average molecular weight is 328 g/mol. The zero-order chi connectivity index (χ0) is 16.8. The third-order valence-corrected chi connectivity index (χ3v) is 4.46. The Hall–Kier alpha value is -1.98. The number of benzene rings is 1. The van der Waals surface area contributed by atoms with Gasteiger partial charge in [0.2, 0.25) is 0 Å². The zero-order valence-corrected chi connectivity index (χ0v) is 14.1. The van der Waals surface area contributed by atoms with Crippen molar-refractivity contribution in [2.45, 2.75) is 31.9 Å². The highest BCUT2D eigenvalue weighted by Crippen LogP contribution is 2.20. The summed E-state index contributed by atoms with van der Waals surface area (Å²) in [4.78, 5) is 18.3. The Morgan fingerprint density at radius 1 is 1.38 bits per heavy atom. The number of fused-ring (bicyclic) bond motifs is 1. The highest BCUT2D eigenvalue weighted by atomic mass is 16.5. The van der Waals surface area contributed by atoms with Crippen LogP contribution in [0.5, 0.6) is 0 Å². The molecule has 0 N–H and O–H groups in total. The lowest BCUT2D eigenvalue weighted by molar-refractivity contribution is -0.141. The molecule has 5 heteroatoms. The second-order valence-corrected chi connectivity index (χ2v) is 6.19. The van der Waals surface area contributed by atoms with Gasteiger partial charge in [-0.25, -0.2) is 0 Å². The van der Waals surface area contributed by atoms with E-state index in [0.717, 1.165) is 43.4 Å². The normalized spacial score (nSPS) is 17.5. The van der Waals surface area contributed by atoms with Gasteiger partial charge in [0.1, 0.15) is 0 Å². The van der Waals surface area contributed by atoms with Crippen LogP contribution in [0.25, 0.3) is 10.9 Å². The standard InChI is InChI=1S/C19H24N2O3/c1-23-18(22)9-11-21(14-17-8-4-12-24-17)13-16-6-2-5-15-7-3-10-20-19(15)16/h2-3,5-7,10,17H,4,8-9,11-14H2,1H3/t17-/m0/s1. The number of pyridine rings is 1. The van der Waals surface area contributed by atoms with Crippen LogP contribution in [0.15, 0.2) is 36.5 Å². The number of nitrogens with zero attached hydrogens (tertiary/aromatic N) is 2. The van der Waals surface area contributed by atoms with Gasteiger partial charge in [0.25, 0.3) is 0 Å². The molecule has 0 bridgehead atoms. The number of esters is 1. The number of carbonyl (C=O) groups excluding carboxylic acids is 1. The predicted molar refractivity (Wildman–Crippen MR) is 92.6 cm³/mol. The largest absolute Gasteiger partial charge is 0.469 e. The van der Waals surface area contributed by atoms with Gasteiger partial charge in [-0.15, -0.1) is 0 Å². The maximum atomic E-state index is 11.5. The molecule has 2 aromatic rings. The van der Waals surface area contributed by atoms with Crippen LogP contribution < -0.4 is 0 Å². The molecule has 1 aromatic heterocycles. The minimum absolute atomic E-state index is 0.177. The van der Waals surface area contributed by atoms with Crippen molar-refractivity contribution in [1.29, 1.82) is 0 Å². The van der Waals surface area contributed by atoms with Crippen LogP contribution in [0.4, 0.5) is 0 Å². The van der Waals surface area contributed by atoms with E-state index in [4.69, 9.17) is 9.47 Å². The quantitative estimate of drug-likeness (QED) is 0.732. The van der Waals surface area contributed by atoms with Gasteiger partial charge in [-0.2, -0.15) is 0 Å². The molecule has 2 heterocycles. The Balaban J connectivity index is 1.74. The van der Waals surface area contributed by atoms with Crippen molar-refractivity contribution in [2.75, 3.05) is 26.8 Å². The Labute approximate surface area is 142 Å². The number of hydrogen-bond acceptors (Lipinski definition) is 5. The van der Waals surface area contributed by atoms with Crippen molar-refractivity contribution in [3.63, 3.8) is 0 Å². The molecule has 5 nitrogen and oxygen atoms in total. The van der Waals surface area contributed by atoms with Gasteiger partial charge in [0.05, 0.1) is 25.2 Å². The minimum Gasteiger partial charge on any atom is -0.469 e. The molecule has 3 rings (SSSR count). The minimum atomic E-state index is -0.177. The van der Waals surface area contributed by atoms with E-state index in [2.05, 4.69) is 34.1 Å². The Kier molecular flexibility index (Phi) is 5.77. The van der Waals surface area contributed by atoms with Crippen molar-refractivity contribution in [1.82, 2.24) is 9.88 Å². The van der Waals surface area contributed by atoms with Crippen LogP contribution in [0.3, 0.4) is 0 Å². The van der Waals surface area contributed by atoms with E-state index in [-0.39, 0.29) is 12.1 Å². The summed E-state index contributed by atoms with van der Waals surface area (Å²) < 4.78 is 10.6. The lowest BCUT2D eigenvalue weighted by Crippen LogP contribution is -2.33. The predicted octanol–water partition coefficient (Wildman–Crippen LogP) is 2.78. The molecule has 0 spiro atoms. The molecule has 1 atom stereocenters. The fraction of sp³-hybridized carbons (Fsp3) is 0.474. The third-order valence-electron chi connectivity index (χ3n) is 4.46. The lowest BCUT2D eigenvalue weighted by atomic mass is 10.1. The number of ether oxygens (including phenoxy) is 2. The monoisotopic (exact) mass is 328 g/mol. The second kappa shape index (κ2) is 8.22. The van der Waals surface area contributed by atoms with Gasteiger partial charge in [0.15, 0.2) is 0 Å². The van der Waals surface area contributed by atoms with Crippen LogP contribution >= 0.6 is 0 Å². The molecule has 128 valence electrons. The number of carbonyl (C=O) groups is 1. The Bertz CT molecular complexity index is 678. The van der Waals surface area contributed by atoms with Gasteiger partial charge in [-0.3, -0.25) is 14.7 Å². The maximum absolute atomic E-state index is 11.5. The lowest BCUT2D eigenvalue weighted by Gasteiger charge is -2.25. The molecule has 1 fully saturated rings. The molecule has 0 radical (unpaired) electrons. The smallest absolute Gasteiger partial charge is 0.306 e. The summed E-state index contributed by atoms with van der Waals surface area (Å²) in [6, 6.07) is 10.3. The van der Waals surface area contributed by atoms with Gasteiger partial charge in [0, 0.05) is 37.8 Å². The first-order chi connectivity index (χ1) is 11.8. The first kappa shape index (κ1) is 16.9. The maximum Gasteiger partial charge on any atom is 0.306 e. The third kappa shape index (κ3) is 4.30. The SMILES string of the molecule is COC(=O)CCN(Cc1cccc2cccnc12)C[C@@H]1CCCO1. The topological polar surface area (TPSA) is 51.7 Å². The first-order valence-corrected chi connectivity index (χ1v) is 8.49. The molecule has 1 saturated heterocycles. The van der Waals surface area contributed by atoms with Crippen LogP contribution in [0.1, 0.15) is 24.8 Å². The van der Waals surface area contributed by atoms with Crippen molar-refractivity contribution < 1.29 is 14.3 Å². The fourth-order valence-corrected chi connectivity index (χ4v) is 3.20. The Morgan fingerprint density at radius 2 is 2.25 bits per heavy atom. The summed E-state index contributed by atoms with van der Waals surface area (Å²) in [5, 5.41) is 1.14. The van der Waals surface area contributed by atoms with Gasteiger partial charge in [-0.05, 0) is 24.5 Å². The van der Waals surface area contributed by atoms with Crippen LogP contribution in [-0.4, -0.2) is 48.8 Å². The number of aromatic nitrogens is 1. The molecule has 1 aromatic carbocycles. The first-order valence-electron chi connectivity index (χ1n) is 8.49. The van der Waals surface area contributed by atoms with E-state index in [1.165, 1.54) is 12.7 Å². The number of methoxy groups -OCH3 is 1. The molecule has 1 aliphatic rings. The van der Waals surface area contributed by atoms with Gasteiger partial charge < -0.3 is 9.47 Å². The zero-order valence-electron chi connectivity index (χ0n) is 14.1. The summed E-state index contributed by atoms with van der Waals surface area (Å²) >= 11 is 0. The molecule has 0 unspecified atom stereocenters. The molecule has 0 amide bonds. The highest BCUT2D eigenvalue weighted by molar-refractivity contribution is 5.81. The van der Waals surface area contributed by atoms with Crippen molar-refractivity contribution >= 4 is 16.9 Å². The number of para-hydroxylation sites is 1. The van der Waals surface area contributed by atoms with Crippen LogP contribution in [-0.2, 0) is 20.8 Å². The van der Waals surface area contributed by atoms with E-state index in [1.54, 1.807) is 0 Å². The van der Waals surface area contributed by atoms with Crippen molar-refractivity contribution in [2.24, 2.45) is 0 Å². The summed E-state index contributed by atoms with van der Waals surface area (Å²) in [6.07, 6.45) is 4.67. The van der Waals surface area contributed by atoms with Crippen molar-refractivity contribution in [3.05, 3.63) is 42.1 Å². The van der Waals surface area contributed by atoms with E-state index in [1.807, 2.05) is 12.3 Å². The number of hydrogen-bond donors (Lipinski definition) is 0. The van der Waals surface area contributed by atoms with Crippen LogP contribution in [0.2, 0.25) is 0 Å². The van der Waals surface area contributed by atoms with Gasteiger partial charge in [-0.1, -0.05) is 24.3 Å². The Morgan fingerprint density at radius 3 is 3.04 bits per heavy atom. The summed E-state index contributed by atoms with van der Waals surface area (Å²) in [7, 11) is 1.43. The van der Waals surface area contributed by atoms with E-state index < -0.39 is 0 Å². The van der Waals surface area contributed by atoms with E-state index in [9.17, 15) is 4.79 Å². The average Bonchev–Trinajstić information content (AvgIpc) is 3.12.